The van der Waals surface area contributed by atoms with E-state index < -0.39 is 0 Å². The molecule has 28 heavy (non-hydrogen) atoms. The van der Waals surface area contributed by atoms with Crippen molar-refractivity contribution >= 4 is 5.91 Å². The molecule has 0 saturated carbocycles. The summed E-state index contributed by atoms with van der Waals surface area (Å²) in [4.78, 5) is 14.7. The SMILES string of the molecule is COc1ccc(C(CNC(=O)CCc2cccc(F)c2)N2CCOCC2)cc1. The molecule has 2 aromatic carbocycles. The molecule has 1 aliphatic rings. The monoisotopic (exact) mass is 386 g/mol. The zero-order chi connectivity index (χ0) is 19.8. The number of benzene rings is 2. The number of nitrogens with one attached hydrogen (secondary N) is 1. The normalized spacial score (nSPS) is 15.8. The molecule has 150 valence electrons. The third-order valence-corrected chi connectivity index (χ3v) is 5.01. The lowest BCUT2D eigenvalue weighted by molar-refractivity contribution is -0.121. The van der Waals surface area contributed by atoms with E-state index in [2.05, 4.69) is 10.2 Å². The number of morpholine rings is 1. The fourth-order valence-corrected chi connectivity index (χ4v) is 3.42. The summed E-state index contributed by atoms with van der Waals surface area (Å²) in [7, 11) is 1.65. The van der Waals surface area contributed by atoms with Crippen molar-refractivity contribution in [1.82, 2.24) is 10.2 Å². The van der Waals surface area contributed by atoms with Crippen LogP contribution >= 0.6 is 0 Å². The number of amides is 1. The standard InChI is InChI=1S/C22H27FN2O3/c1-27-20-8-6-18(7-9-20)21(25-11-13-28-14-12-25)16-24-22(26)10-5-17-3-2-4-19(23)15-17/h2-4,6-9,15,21H,5,10-14,16H2,1H3,(H,24,26). The highest BCUT2D eigenvalue weighted by Gasteiger charge is 2.23. The molecule has 1 atom stereocenters. The number of hydrogen-bond donors (Lipinski definition) is 1. The summed E-state index contributed by atoms with van der Waals surface area (Å²) >= 11 is 0. The number of carbonyl (C=O) groups excluding carboxylic acids is 1. The minimum absolute atomic E-state index is 0.0315. The van der Waals surface area contributed by atoms with Gasteiger partial charge in [-0.2, -0.15) is 0 Å². The van der Waals surface area contributed by atoms with E-state index in [0.717, 1.165) is 30.0 Å². The van der Waals surface area contributed by atoms with Gasteiger partial charge in [-0.15, -0.1) is 0 Å². The van der Waals surface area contributed by atoms with E-state index in [1.807, 2.05) is 30.3 Å². The molecule has 5 nitrogen and oxygen atoms in total. The summed E-state index contributed by atoms with van der Waals surface area (Å²) in [5.74, 6) is 0.504. The van der Waals surface area contributed by atoms with Gasteiger partial charge in [-0.3, -0.25) is 9.69 Å². The molecule has 2 aromatic rings. The lowest BCUT2D eigenvalue weighted by atomic mass is 10.0. The first-order chi connectivity index (χ1) is 13.7. The maximum absolute atomic E-state index is 13.3. The first-order valence-corrected chi connectivity index (χ1v) is 9.62. The van der Waals surface area contributed by atoms with E-state index in [0.29, 0.717) is 32.6 Å². The molecule has 1 unspecified atom stereocenters. The van der Waals surface area contributed by atoms with Gasteiger partial charge < -0.3 is 14.8 Å². The van der Waals surface area contributed by atoms with Crippen LogP contribution in [0.5, 0.6) is 5.75 Å². The van der Waals surface area contributed by atoms with Crippen molar-refractivity contribution in [3.05, 3.63) is 65.5 Å². The summed E-state index contributed by atoms with van der Waals surface area (Å²) in [6, 6.07) is 14.4. The summed E-state index contributed by atoms with van der Waals surface area (Å²) in [6.07, 6.45) is 0.857. The molecule has 1 saturated heterocycles. The summed E-state index contributed by atoms with van der Waals surface area (Å²) in [5.41, 5.74) is 1.96. The van der Waals surface area contributed by atoms with E-state index in [-0.39, 0.29) is 17.8 Å². The van der Waals surface area contributed by atoms with Crippen molar-refractivity contribution < 1.29 is 18.7 Å². The van der Waals surface area contributed by atoms with Crippen LogP contribution in [0.3, 0.4) is 0 Å². The van der Waals surface area contributed by atoms with E-state index in [4.69, 9.17) is 9.47 Å². The number of halogens is 1. The number of ether oxygens (including phenoxy) is 2. The van der Waals surface area contributed by atoms with Gasteiger partial charge in [0.25, 0.3) is 0 Å². The predicted molar refractivity (Wildman–Crippen MR) is 106 cm³/mol. The van der Waals surface area contributed by atoms with Crippen molar-refractivity contribution in [2.75, 3.05) is 40.0 Å². The Balaban J connectivity index is 1.59. The number of aryl methyl sites for hydroxylation is 1. The first kappa shape index (κ1) is 20.3. The van der Waals surface area contributed by atoms with Crippen LogP contribution in [0.4, 0.5) is 4.39 Å². The van der Waals surface area contributed by atoms with Crippen LogP contribution in [0, 0.1) is 5.82 Å². The molecule has 0 spiro atoms. The summed E-state index contributed by atoms with van der Waals surface area (Å²) in [6.45, 7) is 3.57. The summed E-state index contributed by atoms with van der Waals surface area (Å²) in [5, 5.41) is 3.05. The van der Waals surface area contributed by atoms with Gasteiger partial charge >= 0.3 is 0 Å². The molecular weight excluding hydrogens is 359 g/mol. The quantitative estimate of drug-likeness (QED) is 0.758. The van der Waals surface area contributed by atoms with Gasteiger partial charge in [0.1, 0.15) is 11.6 Å². The predicted octanol–water partition coefficient (Wildman–Crippen LogP) is 2.96. The molecule has 0 aromatic heterocycles. The van der Waals surface area contributed by atoms with Crippen molar-refractivity contribution in [1.29, 1.82) is 0 Å². The third-order valence-electron chi connectivity index (χ3n) is 5.01. The second-order valence-corrected chi connectivity index (χ2v) is 6.87. The number of nitrogens with zero attached hydrogens (tertiary/aromatic N) is 1. The van der Waals surface area contributed by atoms with E-state index in [1.165, 1.54) is 12.1 Å². The van der Waals surface area contributed by atoms with Gasteiger partial charge in [-0.1, -0.05) is 24.3 Å². The van der Waals surface area contributed by atoms with Crippen LogP contribution in [0.2, 0.25) is 0 Å². The van der Waals surface area contributed by atoms with E-state index >= 15 is 0 Å². The minimum atomic E-state index is -0.273. The van der Waals surface area contributed by atoms with Crippen LogP contribution in [0.1, 0.15) is 23.6 Å². The molecule has 1 amide bonds. The molecular formula is C22H27FN2O3. The second-order valence-electron chi connectivity index (χ2n) is 6.87. The van der Waals surface area contributed by atoms with Gasteiger partial charge in [0, 0.05) is 26.1 Å². The Hall–Kier alpha value is -2.44. The van der Waals surface area contributed by atoms with Gasteiger partial charge in [0.2, 0.25) is 5.91 Å². The number of carbonyl (C=O) groups is 1. The van der Waals surface area contributed by atoms with Crippen molar-refractivity contribution in [2.45, 2.75) is 18.9 Å². The number of rotatable bonds is 8. The molecule has 0 aliphatic carbocycles. The Morgan fingerprint density at radius 1 is 1.21 bits per heavy atom. The highest BCUT2D eigenvalue weighted by Crippen LogP contribution is 2.23. The van der Waals surface area contributed by atoms with Crippen molar-refractivity contribution in [3.8, 4) is 5.75 Å². The van der Waals surface area contributed by atoms with Crippen molar-refractivity contribution in [3.63, 3.8) is 0 Å². The van der Waals surface area contributed by atoms with E-state index in [9.17, 15) is 9.18 Å². The topological polar surface area (TPSA) is 50.8 Å². The Kier molecular flexibility index (Phi) is 7.39. The van der Waals surface area contributed by atoms with Crippen LogP contribution in [-0.2, 0) is 16.0 Å². The number of hydrogen-bond acceptors (Lipinski definition) is 4. The zero-order valence-electron chi connectivity index (χ0n) is 16.2. The maximum atomic E-state index is 13.3. The Bertz CT molecular complexity index is 761. The summed E-state index contributed by atoms with van der Waals surface area (Å²) < 4.78 is 24.0. The molecule has 3 rings (SSSR count). The smallest absolute Gasteiger partial charge is 0.220 e. The van der Waals surface area contributed by atoms with Crippen LogP contribution < -0.4 is 10.1 Å². The zero-order valence-corrected chi connectivity index (χ0v) is 16.2. The molecule has 1 aliphatic heterocycles. The Labute approximate surface area is 165 Å². The molecule has 0 radical (unpaired) electrons. The molecule has 1 fully saturated rings. The highest BCUT2D eigenvalue weighted by molar-refractivity contribution is 5.76. The maximum Gasteiger partial charge on any atom is 0.220 e. The fourth-order valence-electron chi connectivity index (χ4n) is 3.42. The Morgan fingerprint density at radius 2 is 1.96 bits per heavy atom. The van der Waals surface area contributed by atoms with Gasteiger partial charge in [0.15, 0.2) is 0 Å². The van der Waals surface area contributed by atoms with Crippen molar-refractivity contribution in [2.24, 2.45) is 0 Å². The average Bonchev–Trinajstić information content (AvgIpc) is 2.74. The first-order valence-electron chi connectivity index (χ1n) is 9.62. The molecule has 0 bridgehead atoms. The van der Waals surface area contributed by atoms with Gasteiger partial charge in [-0.05, 0) is 41.8 Å². The lowest BCUT2D eigenvalue weighted by Gasteiger charge is -2.35. The minimum Gasteiger partial charge on any atom is -0.497 e. The number of methoxy groups -OCH3 is 1. The third kappa shape index (κ3) is 5.78. The second kappa shape index (κ2) is 10.2. The van der Waals surface area contributed by atoms with E-state index in [1.54, 1.807) is 13.2 Å². The molecule has 6 heteroatoms. The van der Waals surface area contributed by atoms with Gasteiger partial charge in [0.05, 0.1) is 26.4 Å². The van der Waals surface area contributed by atoms with Gasteiger partial charge in [-0.25, -0.2) is 4.39 Å². The highest BCUT2D eigenvalue weighted by atomic mass is 19.1. The average molecular weight is 386 g/mol. The molecule has 1 N–H and O–H groups in total. The van der Waals surface area contributed by atoms with Crippen LogP contribution in [0.15, 0.2) is 48.5 Å². The fraction of sp³-hybridized carbons (Fsp3) is 0.409. The lowest BCUT2D eigenvalue weighted by Crippen LogP contribution is -2.43. The Morgan fingerprint density at radius 3 is 2.64 bits per heavy atom. The van der Waals surface area contributed by atoms with Crippen LogP contribution in [-0.4, -0.2) is 50.8 Å². The largest absolute Gasteiger partial charge is 0.497 e. The van der Waals surface area contributed by atoms with Crippen LogP contribution in [0.25, 0.3) is 0 Å². The molecule has 1 heterocycles.